The van der Waals surface area contributed by atoms with Gasteiger partial charge in [-0.1, -0.05) is 37.1 Å². The fourth-order valence-electron chi connectivity index (χ4n) is 3.65. The molecule has 0 bridgehead atoms. The Balaban J connectivity index is 1.77. The third-order valence-electron chi connectivity index (χ3n) is 5.27. The predicted molar refractivity (Wildman–Crippen MR) is 114 cm³/mol. The van der Waals surface area contributed by atoms with E-state index in [1.165, 1.54) is 43.4 Å². The van der Waals surface area contributed by atoms with Gasteiger partial charge in [0.05, 0.1) is 9.82 Å². The lowest BCUT2D eigenvalue weighted by Crippen LogP contribution is -2.24. The number of nitro benzene ring substituents is 1. The van der Waals surface area contributed by atoms with Crippen LogP contribution in [0.4, 0.5) is 11.4 Å². The average Bonchev–Trinajstić information content (AvgIpc) is 2.95. The molecule has 2 aromatic carbocycles. The zero-order chi connectivity index (χ0) is 20.9. The number of benzene rings is 2. The molecule has 1 heterocycles. The number of rotatable bonds is 7. The van der Waals surface area contributed by atoms with Gasteiger partial charge in [-0.15, -0.1) is 0 Å². The molecule has 0 amide bonds. The molecule has 0 radical (unpaired) electrons. The summed E-state index contributed by atoms with van der Waals surface area (Å²) in [5.41, 5.74) is 2.36. The smallest absolute Gasteiger partial charge is 0.293 e. The molecule has 0 unspecified atom stereocenters. The second kappa shape index (κ2) is 9.37. The van der Waals surface area contributed by atoms with Crippen LogP contribution >= 0.6 is 0 Å². The number of nitrogens with one attached hydrogen (secondary N) is 1. The SMILES string of the molecule is CS(=O)(=O)c1ccc(NCc2ccccc2CN2CCCCCC2)c([N+](=O)[O-])c1. The summed E-state index contributed by atoms with van der Waals surface area (Å²) in [6.45, 7) is 3.50. The summed E-state index contributed by atoms with van der Waals surface area (Å²) in [6.07, 6.45) is 6.05. The van der Waals surface area contributed by atoms with E-state index in [1.807, 2.05) is 18.2 Å². The molecule has 7 nitrogen and oxygen atoms in total. The average molecular weight is 418 g/mol. The largest absolute Gasteiger partial charge is 0.375 e. The minimum absolute atomic E-state index is 0.0590. The van der Waals surface area contributed by atoms with Crippen LogP contribution < -0.4 is 5.32 Å². The van der Waals surface area contributed by atoms with Crippen molar-refractivity contribution in [3.8, 4) is 0 Å². The Morgan fingerprint density at radius 3 is 2.31 bits per heavy atom. The highest BCUT2D eigenvalue weighted by Crippen LogP contribution is 2.28. The highest BCUT2D eigenvalue weighted by molar-refractivity contribution is 7.90. The Kier molecular flexibility index (Phi) is 6.87. The molecule has 1 aliphatic rings. The van der Waals surface area contributed by atoms with Crippen molar-refractivity contribution in [1.29, 1.82) is 0 Å². The molecule has 0 aromatic heterocycles. The molecule has 8 heteroatoms. The van der Waals surface area contributed by atoms with Crippen molar-refractivity contribution in [2.45, 2.75) is 43.7 Å². The van der Waals surface area contributed by atoms with Crippen molar-refractivity contribution >= 4 is 21.2 Å². The Hall–Kier alpha value is -2.45. The van der Waals surface area contributed by atoms with Crippen LogP contribution in [0.2, 0.25) is 0 Å². The summed E-state index contributed by atoms with van der Waals surface area (Å²) < 4.78 is 23.4. The molecular formula is C21H27N3O4S. The monoisotopic (exact) mass is 417 g/mol. The fourth-order valence-corrected chi connectivity index (χ4v) is 4.29. The second-order valence-corrected chi connectivity index (χ2v) is 9.54. The van der Waals surface area contributed by atoms with Crippen LogP contribution in [0.15, 0.2) is 47.4 Å². The number of hydrogen-bond donors (Lipinski definition) is 1. The van der Waals surface area contributed by atoms with E-state index in [0.717, 1.165) is 37.5 Å². The molecule has 1 saturated heterocycles. The summed E-state index contributed by atoms with van der Waals surface area (Å²) in [7, 11) is -3.51. The van der Waals surface area contributed by atoms with Crippen molar-refractivity contribution in [3.63, 3.8) is 0 Å². The van der Waals surface area contributed by atoms with Gasteiger partial charge in [0.2, 0.25) is 0 Å². The van der Waals surface area contributed by atoms with E-state index in [2.05, 4.69) is 16.3 Å². The quantitative estimate of drug-likeness (QED) is 0.541. The van der Waals surface area contributed by atoms with Crippen molar-refractivity contribution in [1.82, 2.24) is 4.90 Å². The molecule has 1 N–H and O–H groups in total. The minimum Gasteiger partial charge on any atom is -0.375 e. The number of hydrogen-bond acceptors (Lipinski definition) is 6. The van der Waals surface area contributed by atoms with E-state index in [4.69, 9.17) is 0 Å². The predicted octanol–water partition coefficient (Wildman–Crippen LogP) is 3.99. The van der Waals surface area contributed by atoms with Crippen LogP contribution in [0.3, 0.4) is 0 Å². The van der Waals surface area contributed by atoms with Crippen molar-refractivity contribution in [3.05, 3.63) is 63.7 Å². The maximum absolute atomic E-state index is 11.7. The lowest BCUT2D eigenvalue weighted by atomic mass is 10.1. The van der Waals surface area contributed by atoms with E-state index in [1.54, 1.807) is 0 Å². The molecule has 2 aromatic rings. The summed E-state index contributed by atoms with van der Waals surface area (Å²) in [5, 5.41) is 14.6. The van der Waals surface area contributed by atoms with Crippen LogP contribution in [-0.2, 0) is 22.9 Å². The van der Waals surface area contributed by atoms with Crippen LogP contribution in [0.1, 0.15) is 36.8 Å². The van der Waals surface area contributed by atoms with E-state index in [0.29, 0.717) is 12.2 Å². The minimum atomic E-state index is -3.51. The van der Waals surface area contributed by atoms with Crippen LogP contribution in [0.5, 0.6) is 0 Å². The van der Waals surface area contributed by atoms with Gasteiger partial charge in [-0.05, 0) is 49.2 Å². The molecule has 156 valence electrons. The molecular weight excluding hydrogens is 390 g/mol. The zero-order valence-electron chi connectivity index (χ0n) is 16.6. The van der Waals surface area contributed by atoms with Gasteiger partial charge in [0.15, 0.2) is 9.84 Å². The molecule has 0 atom stereocenters. The lowest BCUT2D eigenvalue weighted by Gasteiger charge is -2.21. The zero-order valence-corrected chi connectivity index (χ0v) is 17.5. The first-order valence-electron chi connectivity index (χ1n) is 9.86. The molecule has 0 saturated carbocycles. The first-order valence-corrected chi connectivity index (χ1v) is 11.8. The van der Waals surface area contributed by atoms with E-state index in [-0.39, 0.29) is 10.6 Å². The third kappa shape index (κ3) is 5.77. The molecule has 0 aliphatic carbocycles. The van der Waals surface area contributed by atoms with Gasteiger partial charge < -0.3 is 5.32 Å². The first kappa shape index (κ1) is 21.3. The summed E-state index contributed by atoms with van der Waals surface area (Å²) in [4.78, 5) is 13.3. The van der Waals surface area contributed by atoms with E-state index < -0.39 is 14.8 Å². The standard InChI is InChI=1S/C21H27N3O4S/c1-29(27,28)19-10-11-20(21(14-19)24(25)26)22-15-17-8-4-5-9-18(17)16-23-12-6-2-3-7-13-23/h4-5,8-11,14,22H,2-3,6-7,12-13,15-16H2,1H3. The van der Waals surface area contributed by atoms with Gasteiger partial charge in [0, 0.05) is 25.4 Å². The van der Waals surface area contributed by atoms with Crippen molar-refractivity contribution < 1.29 is 13.3 Å². The third-order valence-corrected chi connectivity index (χ3v) is 6.38. The molecule has 0 spiro atoms. The fraction of sp³-hybridized carbons (Fsp3) is 0.429. The number of nitro groups is 1. The number of nitrogens with zero attached hydrogens (tertiary/aromatic N) is 2. The highest BCUT2D eigenvalue weighted by Gasteiger charge is 2.19. The Labute approximate surface area is 171 Å². The van der Waals surface area contributed by atoms with Crippen LogP contribution in [-0.4, -0.2) is 37.6 Å². The number of anilines is 1. The maximum atomic E-state index is 11.7. The summed E-state index contributed by atoms with van der Waals surface area (Å²) >= 11 is 0. The Bertz CT molecular complexity index is 968. The lowest BCUT2D eigenvalue weighted by molar-refractivity contribution is -0.384. The number of sulfone groups is 1. The first-order chi connectivity index (χ1) is 13.8. The van der Waals surface area contributed by atoms with Gasteiger partial charge in [-0.25, -0.2) is 8.42 Å². The van der Waals surface area contributed by atoms with Gasteiger partial charge in [0.1, 0.15) is 5.69 Å². The highest BCUT2D eigenvalue weighted by atomic mass is 32.2. The van der Waals surface area contributed by atoms with Crippen molar-refractivity contribution in [2.75, 3.05) is 24.7 Å². The van der Waals surface area contributed by atoms with Gasteiger partial charge in [-0.2, -0.15) is 0 Å². The van der Waals surface area contributed by atoms with E-state index in [9.17, 15) is 18.5 Å². The molecule has 3 rings (SSSR count). The summed E-state index contributed by atoms with van der Waals surface area (Å²) in [5.74, 6) is 0. The van der Waals surface area contributed by atoms with Gasteiger partial charge in [0.25, 0.3) is 5.69 Å². The molecule has 1 fully saturated rings. The molecule has 29 heavy (non-hydrogen) atoms. The Morgan fingerprint density at radius 1 is 1.03 bits per heavy atom. The van der Waals surface area contributed by atoms with Crippen molar-refractivity contribution in [2.24, 2.45) is 0 Å². The van der Waals surface area contributed by atoms with Crippen LogP contribution in [0.25, 0.3) is 0 Å². The molecule has 1 aliphatic heterocycles. The number of likely N-dealkylation sites (tertiary alicyclic amines) is 1. The van der Waals surface area contributed by atoms with E-state index >= 15 is 0 Å². The Morgan fingerprint density at radius 2 is 1.69 bits per heavy atom. The normalized spacial score (nSPS) is 15.6. The topological polar surface area (TPSA) is 92.6 Å². The summed E-state index contributed by atoms with van der Waals surface area (Å²) in [6, 6.07) is 12.1. The second-order valence-electron chi connectivity index (χ2n) is 7.52. The van der Waals surface area contributed by atoms with Gasteiger partial charge >= 0.3 is 0 Å². The van der Waals surface area contributed by atoms with Crippen LogP contribution in [0, 0.1) is 10.1 Å². The van der Waals surface area contributed by atoms with Gasteiger partial charge in [-0.3, -0.25) is 15.0 Å². The maximum Gasteiger partial charge on any atom is 0.293 e.